The Labute approximate surface area is 105 Å². The van der Waals surface area contributed by atoms with E-state index in [2.05, 4.69) is 4.36 Å². The fraction of sp³-hybridized carbons (Fsp3) is 0.462. The van der Waals surface area contributed by atoms with Crippen molar-refractivity contribution < 1.29 is 8.98 Å². The standard InChI is InChI=1S/C13H19NO2S/c1-10-6-8-11(9-7-10)17(16-5)14-12(15)13(2,3)4/h6-9H,1-5H3. The summed E-state index contributed by atoms with van der Waals surface area (Å²) >= 11 is 0. The smallest absolute Gasteiger partial charge is 0.259 e. The number of carbonyl (C=O) groups is 1. The molecular formula is C13H19NO2S. The fourth-order valence-electron chi connectivity index (χ4n) is 1.05. The van der Waals surface area contributed by atoms with Crippen molar-refractivity contribution in [1.82, 2.24) is 0 Å². The number of hydrogen-bond acceptors (Lipinski definition) is 2. The molecule has 1 rings (SSSR count). The minimum atomic E-state index is -0.804. The summed E-state index contributed by atoms with van der Waals surface area (Å²) in [6, 6.07) is 7.87. The molecule has 1 unspecified atom stereocenters. The van der Waals surface area contributed by atoms with Crippen LogP contribution >= 0.6 is 0 Å². The molecule has 1 aromatic carbocycles. The first-order valence-corrected chi connectivity index (χ1v) is 6.57. The van der Waals surface area contributed by atoms with Crippen molar-refractivity contribution in [2.75, 3.05) is 7.11 Å². The minimum absolute atomic E-state index is 0.136. The summed E-state index contributed by atoms with van der Waals surface area (Å²) in [5.41, 5.74) is 0.713. The fourth-order valence-corrected chi connectivity index (χ4v) is 2.22. The second-order valence-corrected chi connectivity index (χ2v) is 6.36. The van der Waals surface area contributed by atoms with Crippen molar-refractivity contribution in [3.8, 4) is 0 Å². The van der Waals surface area contributed by atoms with Gasteiger partial charge in [-0.3, -0.25) is 4.79 Å². The van der Waals surface area contributed by atoms with E-state index in [0.29, 0.717) is 0 Å². The van der Waals surface area contributed by atoms with Gasteiger partial charge in [-0.2, -0.15) is 4.36 Å². The van der Waals surface area contributed by atoms with Crippen LogP contribution in [0.4, 0.5) is 0 Å². The summed E-state index contributed by atoms with van der Waals surface area (Å²) in [5.74, 6) is -0.136. The van der Waals surface area contributed by atoms with Crippen LogP contribution in [0.3, 0.4) is 0 Å². The first kappa shape index (κ1) is 14.1. The first-order valence-electron chi connectivity index (χ1n) is 5.46. The average Bonchev–Trinajstić information content (AvgIpc) is 2.25. The molecule has 0 heterocycles. The van der Waals surface area contributed by atoms with Crippen LogP contribution in [0.25, 0.3) is 0 Å². The van der Waals surface area contributed by atoms with Gasteiger partial charge in [0.25, 0.3) is 5.91 Å². The van der Waals surface area contributed by atoms with Gasteiger partial charge in [0.2, 0.25) is 0 Å². The Balaban J connectivity index is 3.04. The van der Waals surface area contributed by atoms with E-state index >= 15 is 0 Å². The molecule has 0 saturated carbocycles. The highest BCUT2D eigenvalue weighted by atomic mass is 32.2. The first-order chi connectivity index (χ1) is 7.84. The van der Waals surface area contributed by atoms with E-state index in [1.54, 1.807) is 7.11 Å². The van der Waals surface area contributed by atoms with Gasteiger partial charge in [-0.05, 0) is 19.1 Å². The Morgan fingerprint density at radius 3 is 2.18 bits per heavy atom. The Morgan fingerprint density at radius 1 is 1.24 bits per heavy atom. The molecule has 0 fully saturated rings. The number of amides is 1. The molecule has 1 aromatic rings. The Bertz CT molecular complexity index is 430. The van der Waals surface area contributed by atoms with Gasteiger partial charge in [0.05, 0.1) is 18.1 Å². The lowest BCUT2D eigenvalue weighted by molar-refractivity contribution is -0.124. The van der Waals surface area contributed by atoms with Gasteiger partial charge in [0, 0.05) is 10.3 Å². The number of nitrogens with zero attached hydrogens (tertiary/aromatic N) is 1. The Kier molecular flexibility index (Phi) is 4.60. The van der Waals surface area contributed by atoms with E-state index in [9.17, 15) is 4.79 Å². The van der Waals surface area contributed by atoms with Crippen LogP contribution in [0.15, 0.2) is 33.5 Å². The summed E-state index contributed by atoms with van der Waals surface area (Å²) in [7, 11) is 0.768. The molecule has 0 aliphatic heterocycles. The molecule has 0 spiro atoms. The summed E-state index contributed by atoms with van der Waals surface area (Å²) in [4.78, 5) is 12.8. The van der Waals surface area contributed by atoms with Crippen molar-refractivity contribution in [3.05, 3.63) is 29.8 Å². The average molecular weight is 253 g/mol. The molecule has 0 saturated heterocycles. The molecule has 0 bridgehead atoms. The van der Waals surface area contributed by atoms with Crippen LogP contribution in [-0.4, -0.2) is 13.0 Å². The summed E-state index contributed by atoms with van der Waals surface area (Å²) in [6.45, 7) is 7.58. The van der Waals surface area contributed by atoms with Gasteiger partial charge in [0.1, 0.15) is 0 Å². The largest absolute Gasteiger partial charge is 0.305 e. The number of benzene rings is 1. The molecule has 94 valence electrons. The van der Waals surface area contributed by atoms with Crippen molar-refractivity contribution in [2.24, 2.45) is 9.78 Å². The molecule has 0 N–H and O–H groups in total. The second-order valence-electron chi connectivity index (χ2n) is 4.88. The highest BCUT2D eigenvalue weighted by molar-refractivity contribution is 7.83. The highest BCUT2D eigenvalue weighted by Gasteiger charge is 2.21. The van der Waals surface area contributed by atoms with Crippen molar-refractivity contribution in [2.45, 2.75) is 32.6 Å². The topological polar surface area (TPSA) is 38.7 Å². The SMILES string of the molecule is COS(=NC(=O)C(C)(C)C)c1ccc(C)cc1. The van der Waals surface area contributed by atoms with E-state index < -0.39 is 16.4 Å². The third-order valence-corrected chi connectivity index (χ3v) is 3.51. The van der Waals surface area contributed by atoms with Gasteiger partial charge in [-0.1, -0.05) is 38.5 Å². The predicted molar refractivity (Wildman–Crippen MR) is 70.7 cm³/mol. The molecule has 3 nitrogen and oxygen atoms in total. The molecule has 4 heteroatoms. The maximum absolute atomic E-state index is 11.8. The number of rotatable bonds is 2. The quantitative estimate of drug-likeness (QED) is 0.811. The highest BCUT2D eigenvalue weighted by Crippen LogP contribution is 2.18. The van der Waals surface area contributed by atoms with Crippen LogP contribution in [0.2, 0.25) is 0 Å². The normalized spacial score (nSPS) is 13.7. The lowest BCUT2D eigenvalue weighted by Crippen LogP contribution is -2.18. The van der Waals surface area contributed by atoms with Gasteiger partial charge in [-0.25, -0.2) is 0 Å². The van der Waals surface area contributed by atoms with E-state index in [-0.39, 0.29) is 5.91 Å². The zero-order chi connectivity index (χ0) is 13.1. The molecular weight excluding hydrogens is 234 g/mol. The monoisotopic (exact) mass is 253 g/mol. The van der Waals surface area contributed by atoms with Crippen LogP contribution < -0.4 is 0 Å². The van der Waals surface area contributed by atoms with E-state index in [4.69, 9.17) is 4.18 Å². The van der Waals surface area contributed by atoms with Crippen LogP contribution in [0, 0.1) is 12.3 Å². The summed E-state index contributed by atoms with van der Waals surface area (Å²) in [5, 5.41) is 0. The third-order valence-electron chi connectivity index (χ3n) is 2.19. The molecule has 0 radical (unpaired) electrons. The zero-order valence-electron chi connectivity index (χ0n) is 11.0. The molecule has 0 aliphatic rings. The molecule has 1 amide bonds. The number of hydrogen-bond donors (Lipinski definition) is 0. The zero-order valence-corrected chi connectivity index (χ0v) is 11.8. The van der Waals surface area contributed by atoms with Crippen LogP contribution in [0.5, 0.6) is 0 Å². The molecule has 0 aliphatic carbocycles. The van der Waals surface area contributed by atoms with Gasteiger partial charge < -0.3 is 4.18 Å². The van der Waals surface area contributed by atoms with Gasteiger partial charge >= 0.3 is 0 Å². The number of aryl methyl sites for hydroxylation is 1. The van der Waals surface area contributed by atoms with E-state index in [1.165, 1.54) is 5.56 Å². The maximum atomic E-state index is 11.8. The van der Waals surface area contributed by atoms with E-state index in [1.807, 2.05) is 52.0 Å². The summed E-state index contributed by atoms with van der Waals surface area (Å²) in [6.07, 6.45) is 0. The van der Waals surface area contributed by atoms with Gasteiger partial charge in [-0.15, -0.1) is 0 Å². The molecule has 17 heavy (non-hydrogen) atoms. The maximum Gasteiger partial charge on any atom is 0.259 e. The summed E-state index contributed by atoms with van der Waals surface area (Å²) < 4.78 is 9.42. The second kappa shape index (κ2) is 5.56. The Morgan fingerprint density at radius 2 is 1.76 bits per heavy atom. The Hall–Kier alpha value is -1.00. The molecule has 0 aromatic heterocycles. The van der Waals surface area contributed by atoms with Crippen molar-refractivity contribution in [3.63, 3.8) is 0 Å². The predicted octanol–water partition coefficient (Wildman–Crippen LogP) is 3.29. The van der Waals surface area contributed by atoms with Crippen LogP contribution in [0.1, 0.15) is 26.3 Å². The third kappa shape index (κ3) is 4.06. The minimum Gasteiger partial charge on any atom is -0.305 e. The van der Waals surface area contributed by atoms with Gasteiger partial charge in [0.15, 0.2) is 0 Å². The lowest BCUT2D eigenvalue weighted by Gasteiger charge is -2.13. The molecule has 1 atom stereocenters. The van der Waals surface area contributed by atoms with Crippen LogP contribution in [-0.2, 0) is 19.9 Å². The number of carbonyl (C=O) groups excluding carboxylic acids is 1. The lowest BCUT2D eigenvalue weighted by atomic mass is 9.96. The van der Waals surface area contributed by atoms with Crippen molar-refractivity contribution >= 4 is 16.9 Å². The van der Waals surface area contributed by atoms with Crippen molar-refractivity contribution in [1.29, 1.82) is 0 Å². The van der Waals surface area contributed by atoms with E-state index in [0.717, 1.165) is 4.90 Å².